The number of carbonyl (C=O) groups excluding carboxylic acids is 1. The third-order valence-corrected chi connectivity index (χ3v) is 6.22. The number of hydrogen-bond donors (Lipinski definition) is 1. The van der Waals surface area contributed by atoms with E-state index in [1.54, 1.807) is 32.9 Å². The van der Waals surface area contributed by atoms with E-state index < -0.39 is 39.2 Å². The zero-order chi connectivity index (χ0) is 22.4. The molecule has 0 radical (unpaired) electrons. The number of rotatable bonds is 7. The minimum atomic E-state index is -3.71. The first-order chi connectivity index (χ1) is 14.0. The van der Waals surface area contributed by atoms with Crippen molar-refractivity contribution in [2.24, 2.45) is 5.92 Å². The van der Waals surface area contributed by atoms with Crippen molar-refractivity contribution >= 4 is 15.9 Å². The maximum atomic E-state index is 12.9. The Hall–Kier alpha value is -2.85. The van der Waals surface area contributed by atoms with Gasteiger partial charge in [0, 0.05) is 0 Å². The lowest BCUT2D eigenvalue weighted by atomic mass is 9.96. The largest absolute Gasteiger partial charge is 0.444 e. The summed E-state index contributed by atoms with van der Waals surface area (Å²) in [5.41, 5.74) is 1.11. The quantitative estimate of drug-likeness (QED) is 0.718. The highest BCUT2D eigenvalue weighted by molar-refractivity contribution is 7.91. The van der Waals surface area contributed by atoms with Crippen LogP contribution in [-0.4, -0.2) is 31.9 Å². The molecule has 0 unspecified atom stereocenters. The van der Waals surface area contributed by atoms with E-state index in [4.69, 9.17) is 4.74 Å². The van der Waals surface area contributed by atoms with Gasteiger partial charge in [0.2, 0.25) is 0 Å². The fourth-order valence-corrected chi connectivity index (χ4v) is 4.47. The number of hydrogen-bond acceptors (Lipinski definition) is 5. The van der Waals surface area contributed by atoms with Gasteiger partial charge < -0.3 is 10.1 Å². The maximum absolute atomic E-state index is 12.9. The van der Waals surface area contributed by atoms with E-state index in [9.17, 15) is 18.5 Å². The Morgan fingerprint density at radius 1 is 1.10 bits per heavy atom. The molecule has 2 atom stereocenters. The van der Waals surface area contributed by atoms with Gasteiger partial charge in [-0.2, -0.15) is 5.26 Å². The Morgan fingerprint density at radius 3 is 2.23 bits per heavy atom. The summed E-state index contributed by atoms with van der Waals surface area (Å²) >= 11 is 0. The van der Waals surface area contributed by atoms with Gasteiger partial charge in [-0.05, 0) is 51.8 Å². The van der Waals surface area contributed by atoms with Gasteiger partial charge in [-0.25, -0.2) is 13.2 Å². The predicted octanol–water partition coefficient (Wildman–Crippen LogP) is 4.04. The first-order valence-electron chi connectivity index (χ1n) is 9.72. The lowest BCUT2D eigenvalue weighted by molar-refractivity contribution is 0.0495. The number of sulfone groups is 1. The molecule has 7 heteroatoms. The molecule has 0 saturated heterocycles. The fraction of sp³-hybridized carbons (Fsp3) is 0.391. The van der Waals surface area contributed by atoms with Gasteiger partial charge in [0.15, 0.2) is 9.84 Å². The molecule has 0 aliphatic heterocycles. The van der Waals surface area contributed by atoms with Crippen molar-refractivity contribution in [3.63, 3.8) is 0 Å². The van der Waals surface area contributed by atoms with Crippen LogP contribution in [0.1, 0.15) is 31.9 Å². The summed E-state index contributed by atoms with van der Waals surface area (Å²) in [5, 5.41) is 12.5. The van der Waals surface area contributed by atoms with Crippen molar-refractivity contribution < 1.29 is 17.9 Å². The number of ether oxygens (including phenoxy) is 1. The standard InChI is InChI=1S/C23H28N2O4S/c1-17-10-12-20(13-11-17)30(27,28)16-19(15-24)21(14-18-8-6-5-7-9-18)25-22(26)29-23(2,3)4/h5-13,19,21H,14,16H2,1-4H3,(H,25,26)/t19-,21+/m1/s1. The monoisotopic (exact) mass is 428 g/mol. The molecule has 0 saturated carbocycles. The zero-order valence-corrected chi connectivity index (χ0v) is 18.6. The van der Waals surface area contributed by atoms with E-state index in [-0.39, 0.29) is 4.90 Å². The number of benzene rings is 2. The molecule has 2 rings (SSSR count). The van der Waals surface area contributed by atoms with E-state index in [0.29, 0.717) is 6.42 Å². The second-order valence-corrected chi connectivity index (χ2v) is 10.3. The molecule has 0 aliphatic carbocycles. The van der Waals surface area contributed by atoms with Crippen molar-refractivity contribution in [1.29, 1.82) is 5.26 Å². The van der Waals surface area contributed by atoms with Crippen LogP contribution in [0.4, 0.5) is 4.79 Å². The lowest BCUT2D eigenvalue weighted by Crippen LogP contribution is -2.45. The molecule has 0 aromatic heterocycles. The van der Waals surface area contributed by atoms with Crippen LogP contribution >= 0.6 is 0 Å². The van der Waals surface area contributed by atoms with E-state index >= 15 is 0 Å². The third kappa shape index (κ3) is 7.20. The summed E-state index contributed by atoms with van der Waals surface area (Å²) in [7, 11) is -3.71. The Bertz CT molecular complexity index is 988. The maximum Gasteiger partial charge on any atom is 0.407 e. The number of aryl methyl sites for hydroxylation is 1. The van der Waals surface area contributed by atoms with Crippen LogP contribution in [0.3, 0.4) is 0 Å². The van der Waals surface area contributed by atoms with Gasteiger partial charge in [-0.3, -0.25) is 0 Å². The smallest absolute Gasteiger partial charge is 0.407 e. The van der Waals surface area contributed by atoms with Gasteiger partial charge in [-0.1, -0.05) is 48.0 Å². The first-order valence-corrected chi connectivity index (χ1v) is 11.4. The van der Waals surface area contributed by atoms with E-state index in [1.165, 1.54) is 12.1 Å². The van der Waals surface area contributed by atoms with Crippen LogP contribution in [0.15, 0.2) is 59.5 Å². The fourth-order valence-electron chi connectivity index (χ4n) is 2.94. The minimum Gasteiger partial charge on any atom is -0.444 e. The highest BCUT2D eigenvalue weighted by Crippen LogP contribution is 2.20. The first kappa shape index (κ1) is 23.4. The molecule has 0 heterocycles. The molecule has 0 fully saturated rings. The van der Waals surface area contributed by atoms with Gasteiger partial charge in [0.05, 0.1) is 28.7 Å². The number of nitrogens with zero attached hydrogens (tertiary/aromatic N) is 1. The molecule has 2 aromatic carbocycles. The SMILES string of the molecule is Cc1ccc(S(=O)(=O)C[C@@H](C#N)[C@H](Cc2ccccc2)NC(=O)OC(C)(C)C)cc1. The van der Waals surface area contributed by atoms with E-state index in [2.05, 4.69) is 11.4 Å². The van der Waals surface area contributed by atoms with Crippen LogP contribution in [0.2, 0.25) is 0 Å². The van der Waals surface area contributed by atoms with Gasteiger partial charge in [0.25, 0.3) is 0 Å². The lowest BCUT2D eigenvalue weighted by Gasteiger charge is -2.26. The van der Waals surface area contributed by atoms with Gasteiger partial charge in [-0.15, -0.1) is 0 Å². The van der Waals surface area contributed by atoms with Crippen molar-refractivity contribution in [3.8, 4) is 6.07 Å². The van der Waals surface area contributed by atoms with Crippen molar-refractivity contribution in [1.82, 2.24) is 5.32 Å². The molecule has 6 nitrogen and oxygen atoms in total. The normalized spacial score (nSPS) is 13.7. The predicted molar refractivity (Wildman–Crippen MR) is 116 cm³/mol. The number of carbonyl (C=O) groups is 1. The highest BCUT2D eigenvalue weighted by Gasteiger charge is 2.31. The third-order valence-electron chi connectivity index (χ3n) is 4.43. The van der Waals surface area contributed by atoms with Crippen molar-refractivity contribution in [2.45, 2.75) is 50.7 Å². The molecule has 1 N–H and O–H groups in total. The molecule has 30 heavy (non-hydrogen) atoms. The minimum absolute atomic E-state index is 0.157. The van der Waals surface area contributed by atoms with E-state index in [1.807, 2.05) is 37.3 Å². The van der Waals surface area contributed by atoms with Crippen molar-refractivity contribution in [2.75, 3.05) is 5.75 Å². The summed E-state index contributed by atoms with van der Waals surface area (Å²) in [4.78, 5) is 12.5. The van der Waals surface area contributed by atoms with Crippen molar-refractivity contribution in [3.05, 3.63) is 65.7 Å². The Morgan fingerprint density at radius 2 is 1.70 bits per heavy atom. The molecule has 0 aliphatic rings. The van der Waals surface area contributed by atoms with Crippen LogP contribution in [0.25, 0.3) is 0 Å². The second kappa shape index (κ2) is 9.77. The highest BCUT2D eigenvalue weighted by atomic mass is 32.2. The Labute approximate surface area is 178 Å². The van der Waals surface area contributed by atoms with Crippen LogP contribution in [0, 0.1) is 24.2 Å². The average Bonchev–Trinajstić information content (AvgIpc) is 2.65. The molecule has 0 bridgehead atoms. The number of nitriles is 1. The molecule has 1 amide bonds. The number of amides is 1. The zero-order valence-electron chi connectivity index (χ0n) is 17.8. The molecule has 2 aromatic rings. The summed E-state index contributed by atoms with van der Waals surface area (Å²) in [6.45, 7) is 7.09. The van der Waals surface area contributed by atoms with Crippen LogP contribution < -0.4 is 5.32 Å². The van der Waals surface area contributed by atoms with Crippen LogP contribution in [0.5, 0.6) is 0 Å². The van der Waals surface area contributed by atoms with Gasteiger partial charge in [0.1, 0.15) is 5.60 Å². The molecule has 160 valence electrons. The summed E-state index contributed by atoms with van der Waals surface area (Å²) in [6.07, 6.45) is -0.377. The topological polar surface area (TPSA) is 96.3 Å². The Balaban J connectivity index is 2.27. The number of alkyl carbamates (subject to hydrolysis) is 1. The molecular weight excluding hydrogens is 400 g/mol. The second-order valence-electron chi connectivity index (χ2n) is 8.27. The molecule has 0 spiro atoms. The summed E-state index contributed by atoms with van der Waals surface area (Å²) in [6, 6.07) is 17.2. The Kier molecular flexibility index (Phi) is 7.63. The number of nitrogens with one attached hydrogen (secondary N) is 1. The summed E-state index contributed by atoms with van der Waals surface area (Å²) < 4.78 is 31.1. The van der Waals surface area contributed by atoms with Gasteiger partial charge >= 0.3 is 6.09 Å². The van der Waals surface area contributed by atoms with Crippen LogP contribution in [-0.2, 0) is 21.0 Å². The van der Waals surface area contributed by atoms with E-state index in [0.717, 1.165) is 11.1 Å². The summed E-state index contributed by atoms with van der Waals surface area (Å²) in [5.74, 6) is -1.36. The average molecular weight is 429 g/mol. The molecular formula is C23H28N2O4S.